The van der Waals surface area contributed by atoms with E-state index < -0.39 is 11.0 Å². The van der Waals surface area contributed by atoms with Crippen LogP contribution in [0.2, 0.25) is 0 Å². The van der Waals surface area contributed by atoms with Crippen molar-refractivity contribution >= 4 is 43.8 Å². The topological polar surface area (TPSA) is 23.5 Å². The molecule has 0 aromatic heterocycles. The molecule has 0 heterocycles. The fourth-order valence-corrected chi connectivity index (χ4v) is 11.5. The first kappa shape index (κ1) is 37.5. The molecule has 0 bridgehead atoms. The second-order valence-corrected chi connectivity index (χ2v) is 17.4. The standard InChI is InChI=1S/C60H40BrNO/c61-56-34-18-33-55-58(56)49-29-14-17-32-54(49)60(55,63)53-31-16-13-26-46(53)45-36-38-57(48-28-11-10-25-44(45)48)62(42-23-8-3-9-24-42)43-35-37-52-50(39-43)47-27-12-15-30-51(47)59(52,40-19-4-1-5-20-40)41-21-6-2-7-22-41/h1-39,63H. The van der Waals surface area contributed by atoms with Crippen molar-refractivity contribution in [2.75, 3.05) is 4.90 Å². The van der Waals surface area contributed by atoms with Gasteiger partial charge in [-0.2, -0.15) is 0 Å². The van der Waals surface area contributed by atoms with E-state index in [0.717, 1.165) is 71.3 Å². The predicted molar refractivity (Wildman–Crippen MR) is 263 cm³/mol. The van der Waals surface area contributed by atoms with Crippen LogP contribution in [0.3, 0.4) is 0 Å². The number of hydrogen-bond donors (Lipinski definition) is 1. The highest BCUT2D eigenvalue weighted by Crippen LogP contribution is 2.58. The lowest BCUT2D eigenvalue weighted by atomic mass is 9.68. The summed E-state index contributed by atoms with van der Waals surface area (Å²) in [5, 5.41) is 15.5. The van der Waals surface area contributed by atoms with Crippen LogP contribution in [0.15, 0.2) is 241 Å². The normalized spacial score (nSPS) is 15.3. The zero-order chi connectivity index (χ0) is 42.1. The zero-order valence-electron chi connectivity index (χ0n) is 34.3. The molecule has 10 aromatic carbocycles. The summed E-state index contributed by atoms with van der Waals surface area (Å²) in [6.45, 7) is 0. The summed E-state index contributed by atoms with van der Waals surface area (Å²) in [5.41, 5.74) is 15.6. The van der Waals surface area contributed by atoms with Crippen molar-refractivity contribution in [3.05, 3.63) is 280 Å². The summed E-state index contributed by atoms with van der Waals surface area (Å²) in [5.74, 6) is 0. The second kappa shape index (κ2) is 14.7. The molecule has 63 heavy (non-hydrogen) atoms. The number of rotatable bonds is 7. The number of halogens is 1. The minimum absolute atomic E-state index is 0.479. The Labute approximate surface area is 376 Å². The summed E-state index contributed by atoms with van der Waals surface area (Å²) >= 11 is 3.83. The molecule has 0 aliphatic heterocycles. The average molecular weight is 871 g/mol. The van der Waals surface area contributed by atoms with Crippen molar-refractivity contribution in [1.29, 1.82) is 0 Å². The van der Waals surface area contributed by atoms with Crippen molar-refractivity contribution in [3.8, 4) is 33.4 Å². The fourth-order valence-electron chi connectivity index (χ4n) is 10.9. The molecule has 2 aliphatic rings. The fraction of sp³-hybridized carbons (Fsp3) is 0.0333. The lowest BCUT2D eigenvalue weighted by Crippen LogP contribution is -2.28. The quantitative estimate of drug-likeness (QED) is 0.172. The smallest absolute Gasteiger partial charge is 0.142 e. The van der Waals surface area contributed by atoms with E-state index in [4.69, 9.17) is 0 Å². The molecule has 0 radical (unpaired) electrons. The monoisotopic (exact) mass is 869 g/mol. The van der Waals surface area contributed by atoms with E-state index in [1.54, 1.807) is 0 Å². The first-order chi connectivity index (χ1) is 31.1. The van der Waals surface area contributed by atoms with Crippen molar-refractivity contribution in [2.45, 2.75) is 11.0 Å². The summed E-state index contributed by atoms with van der Waals surface area (Å²) in [6.07, 6.45) is 0. The summed E-state index contributed by atoms with van der Waals surface area (Å²) in [4.78, 5) is 2.40. The highest BCUT2D eigenvalue weighted by Gasteiger charge is 2.47. The predicted octanol–water partition coefficient (Wildman–Crippen LogP) is 15.4. The minimum atomic E-state index is -1.36. The van der Waals surface area contributed by atoms with Gasteiger partial charge < -0.3 is 10.0 Å². The van der Waals surface area contributed by atoms with Gasteiger partial charge in [0.25, 0.3) is 0 Å². The van der Waals surface area contributed by atoms with E-state index in [2.05, 4.69) is 233 Å². The third kappa shape index (κ3) is 5.47. The largest absolute Gasteiger partial charge is 0.376 e. The maximum Gasteiger partial charge on any atom is 0.142 e. The van der Waals surface area contributed by atoms with Crippen LogP contribution in [0.1, 0.15) is 38.9 Å². The van der Waals surface area contributed by atoms with Crippen LogP contribution in [0.5, 0.6) is 0 Å². The molecule has 2 aliphatic carbocycles. The first-order valence-electron chi connectivity index (χ1n) is 21.5. The molecule has 10 aromatic rings. The summed E-state index contributed by atoms with van der Waals surface area (Å²) in [6, 6.07) is 84.6. The maximum absolute atomic E-state index is 13.2. The van der Waals surface area contributed by atoms with Crippen LogP contribution in [0.4, 0.5) is 17.1 Å². The molecule has 1 unspecified atom stereocenters. The number of benzene rings is 10. The van der Waals surface area contributed by atoms with Crippen LogP contribution >= 0.6 is 15.9 Å². The van der Waals surface area contributed by atoms with Crippen LogP contribution in [0, 0.1) is 0 Å². The van der Waals surface area contributed by atoms with Gasteiger partial charge in [0.1, 0.15) is 5.60 Å². The molecule has 2 nitrogen and oxygen atoms in total. The number of para-hydroxylation sites is 1. The van der Waals surface area contributed by atoms with Crippen molar-refractivity contribution in [2.24, 2.45) is 0 Å². The molecule has 3 heteroatoms. The highest BCUT2D eigenvalue weighted by molar-refractivity contribution is 9.10. The third-order valence-corrected chi connectivity index (χ3v) is 14.1. The van der Waals surface area contributed by atoms with Gasteiger partial charge in [-0.3, -0.25) is 0 Å². The van der Waals surface area contributed by atoms with Crippen LogP contribution in [-0.2, 0) is 11.0 Å². The van der Waals surface area contributed by atoms with E-state index >= 15 is 0 Å². The number of aliphatic hydroxyl groups is 1. The second-order valence-electron chi connectivity index (χ2n) is 16.6. The molecule has 298 valence electrons. The number of anilines is 3. The summed E-state index contributed by atoms with van der Waals surface area (Å²) in [7, 11) is 0. The van der Waals surface area contributed by atoms with E-state index in [1.807, 2.05) is 24.3 Å². The van der Waals surface area contributed by atoms with Gasteiger partial charge in [-0.15, -0.1) is 0 Å². The van der Waals surface area contributed by atoms with Gasteiger partial charge >= 0.3 is 0 Å². The Bertz CT molecular complexity index is 3340. The van der Waals surface area contributed by atoms with E-state index in [9.17, 15) is 5.11 Å². The Hall–Kier alpha value is -7.30. The highest BCUT2D eigenvalue weighted by atomic mass is 79.9. The van der Waals surface area contributed by atoms with Crippen molar-refractivity contribution < 1.29 is 5.11 Å². The molecule has 0 amide bonds. The Morgan fingerprint density at radius 2 is 0.857 bits per heavy atom. The lowest BCUT2D eigenvalue weighted by Gasteiger charge is -2.34. The van der Waals surface area contributed by atoms with Gasteiger partial charge in [-0.05, 0) is 91.9 Å². The molecule has 0 fully saturated rings. The molecule has 1 N–H and O–H groups in total. The van der Waals surface area contributed by atoms with Gasteiger partial charge in [0.05, 0.1) is 11.1 Å². The number of hydrogen-bond acceptors (Lipinski definition) is 2. The van der Waals surface area contributed by atoms with Gasteiger partial charge in [0.15, 0.2) is 0 Å². The Kier molecular flexibility index (Phi) is 8.72. The molecule has 0 spiro atoms. The van der Waals surface area contributed by atoms with Gasteiger partial charge in [-0.25, -0.2) is 0 Å². The average Bonchev–Trinajstić information content (AvgIpc) is 3.80. The van der Waals surface area contributed by atoms with E-state index in [-0.39, 0.29) is 0 Å². The minimum Gasteiger partial charge on any atom is -0.376 e. The molecule has 0 saturated carbocycles. The molecule has 1 atom stereocenters. The van der Waals surface area contributed by atoms with Crippen molar-refractivity contribution in [3.63, 3.8) is 0 Å². The Morgan fingerprint density at radius 3 is 1.54 bits per heavy atom. The third-order valence-electron chi connectivity index (χ3n) is 13.5. The number of nitrogens with zero attached hydrogens (tertiary/aromatic N) is 1. The Balaban J connectivity index is 1.07. The van der Waals surface area contributed by atoms with Crippen molar-refractivity contribution in [1.82, 2.24) is 0 Å². The number of fused-ring (bicyclic) bond motifs is 7. The zero-order valence-corrected chi connectivity index (χ0v) is 35.9. The first-order valence-corrected chi connectivity index (χ1v) is 22.3. The van der Waals surface area contributed by atoms with Gasteiger partial charge in [0, 0.05) is 43.5 Å². The molecule has 0 saturated heterocycles. The lowest BCUT2D eigenvalue weighted by molar-refractivity contribution is 0.131. The van der Waals surface area contributed by atoms with Gasteiger partial charge in [-0.1, -0.05) is 216 Å². The van der Waals surface area contributed by atoms with Gasteiger partial charge in [0.2, 0.25) is 0 Å². The molecular formula is C60H40BrNO. The summed E-state index contributed by atoms with van der Waals surface area (Å²) < 4.78 is 0.970. The maximum atomic E-state index is 13.2. The van der Waals surface area contributed by atoms with E-state index in [1.165, 1.54) is 33.4 Å². The molecular weight excluding hydrogens is 831 g/mol. The van der Waals surface area contributed by atoms with E-state index in [0.29, 0.717) is 0 Å². The SMILES string of the molecule is OC1(c2ccccc2-c2ccc(N(c3ccccc3)c3ccc4c(c3)-c3ccccc3C4(c3ccccc3)c3ccccc3)c3ccccc23)c2ccccc2-c2c(Br)cccc21. The van der Waals surface area contributed by atoms with Crippen LogP contribution < -0.4 is 4.90 Å². The van der Waals surface area contributed by atoms with Crippen LogP contribution in [0.25, 0.3) is 44.2 Å². The molecule has 12 rings (SSSR count). The Morgan fingerprint density at radius 1 is 0.349 bits per heavy atom. The van der Waals surface area contributed by atoms with Crippen LogP contribution in [-0.4, -0.2) is 5.11 Å².